The summed E-state index contributed by atoms with van der Waals surface area (Å²) in [4.78, 5) is -0.311. The summed E-state index contributed by atoms with van der Waals surface area (Å²) in [5, 5.41) is 14.2. The summed E-state index contributed by atoms with van der Waals surface area (Å²) >= 11 is 0. The number of anilines is 1. The maximum Gasteiger partial charge on any atom is 0.294 e. The highest BCUT2D eigenvalue weighted by atomic mass is 32.2. The van der Waals surface area contributed by atoms with Gasteiger partial charge in [0.15, 0.2) is 0 Å². The topological polar surface area (TPSA) is 86.6 Å². The highest BCUT2D eigenvalue weighted by Gasteiger charge is 2.13. The van der Waals surface area contributed by atoms with E-state index in [2.05, 4.69) is 12.2 Å². The van der Waals surface area contributed by atoms with Crippen LogP contribution in [0.3, 0.4) is 0 Å². The monoisotopic (exact) mass is 295 g/mol. The SMILES string of the molecule is CCCCNc1ccc2cc(S(=O)(=O)O)cc(O)c2c1. The molecule has 2 aromatic rings. The molecule has 0 heterocycles. The van der Waals surface area contributed by atoms with Crippen molar-refractivity contribution in [3.05, 3.63) is 30.3 Å². The lowest BCUT2D eigenvalue weighted by atomic mass is 10.1. The van der Waals surface area contributed by atoms with Gasteiger partial charge in [-0.15, -0.1) is 0 Å². The van der Waals surface area contributed by atoms with E-state index in [1.165, 1.54) is 6.07 Å². The fourth-order valence-electron chi connectivity index (χ4n) is 1.98. The van der Waals surface area contributed by atoms with Gasteiger partial charge in [-0.1, -0.05) is 19.4 Å². The molecule has 2 rings (SSSR count). The summed E-state index contributed by atoms with van der Waals surface area (Å²) in [5.41, 5.74) is 0.862. The van der Waals surface area contributed by atoms with E-state index in [9.17, 15) is 13.5 Å². The predicted molar refractivity (Wildman–Crippen MR) is 78.8 cm³/mol. The van der Waals surface area contributed by atoms with Crippen molar-refractivity contribution in [2.75, 3.05) is 11.9 Å². The van der Waals surface area contributed by atoms with Crippen LogP contribution in [-0.4, -0.2) is 24.6 Å². The fourth-order valence-corrected chi connectivity index (χ4v) is 2.52. The number of fused-ring (bicyclic) bond motifs is 1. The van der Waals surface area contributed by atoms with Gasteiger partial charge in [0.1, 0.15) is 5.75 Å². The number of rotatable bonds is 5. The van der Waals surface area contributed by atoms with Gasteiger partial charge in [-0.05, 0) is 30.0 Å². The number of hydrogen-bond donors (Lipinski definition) is 3. The molecule has 3 N–H and O–H groups in total. The molecule has 0 aliphatic heterocycles. The van der Waals surface area contributed by atoms with Crippen LogP contribution in [0.5, 0.6) is 5.75 Å². The first kappa shape index (κ1) is 14.6. The fraction of sp³-hybridized carbons (Fsp3) is 0.286. The van der Waals surface area contributed by atoms with Crippen LogP contribution in [0.2, 0.25) is 0 Å². The zero-order valence-corrected chi connectivity index (χ0v) is 11.9. The lowest BCUT2D eigenvalue weighted by molar-refractivity contribution is 0.471. The lowest BCUT2D eigenvalue weighted by Gasteiger charge is -2.09. The van der Waals surface area contributed by atoms with Crippen molar-refractivity contribution in [2.45, 2.75) is 24.7 Å². The molecule has 0 fully saturated rings. The van der Waals surface area contributed by atoms with E-state index >= 15 is 0 Å². The van der Waals surface area contributed by atoms with Gasteiger partial charge in [0.25, 0.3) is 10.1 Å². The Labute approximate surface area is 118 Å². The van der Waals surface area contributed by atoms with Crippen LogP contribution in [0.1, 0.15) is 19.8 Å². The van der Waals surface area contributed by atoms with Crippen molar-refractivity contribution in [1.29, 1.82) is 0 Å². The van der Waals surface area contributed by atoms with Gasteiger partial charge in [0.2, 0.25) is 0 Å². The van der Waals surface area contributed by atoms with E-state index < -0.39 is 10.1 Å². The van der Waals surface area contributed by atoms with Crippen LogP contribution >= 0.6 is 0 Å². The molecule has 0 aromatic heterocycles. The van der Waals surface area contributed by atoms with Crippen LogP contribution in [0.15, 0.2) is 35.2 Å². The quantitative estimate of drug-likeness (QED) is 0.583. The number of phenols is 1. The molecular weight excluding hydrogens is 278 g/mol. The molecule has 0 aliphatic carbocycles. The van der Waals surface area contributed by atoms with E-state index in [1.54, 1.807) is 12.1 Å². The molecular formula is C14H17NO4S. The molecule has 108 valence electrons. The second-order valence-corrected chi connectivity index (χ2v) is 6.06. The van der Waals surface area contributed by atoms with Crippen LogP contribution in [0.25, 0.3) is 10.8 Å². The molecule has 20 heavy (non-hydrogen) atoms. The number of phenolic OH excluding ortho intramolecular Hbond substituents is 1. The average molecular weight is 295 g/mol. The van der Waals surface area contributed by atoms with Crippen LogP contribution in [0.4, 0.5) is 5.69 Å². The summed E-state index contributed by atoms with van der Waals surface area (Å²) in [5.74, 6) is -0.172. The molecule has 0 radical (unpaired) electrons. The highest BCUT2D eigenvalue weighted by Crippen LogP contribution is 2.30. The first-order valence-electron chi connectivity index (χ1n) is 6.40. The molecule has 2 aromatic carbocycles. The molecule has 0 atom stereocenters. The Hall–Kier alpha value is -1.79. The summed E-state index contributed by atoms with van der Waals surface area (Å²) in [6.07, 6.45) is 2.13. The van der Waals surface area contributed by atoms with Crippen molar-refractivity contribution < 1.29 is 18.1 Å². The minimum atomic E-state index is -4.32. The van der Waals surface area contributed by atoms with Gasteiger partial charge in [0.05, 0.1) is 4.90 Å². The Kier molecular flexibility index (Phi) is 4.15. The summed E-state index contributed by atoms with van der Waals surface area (Å²) in [6.45, 7) is 2.94. The van der Waals surface area contributed by atoms with Gasteiger partial charge in [-0.2, -0.15) is 8.42 Å². The third kappa shape index (κ3) is 3.20. The second kappa shape index (κ2) is 5.68. The normalized spacial score (nSPS) is 11.7. The van der Waals surface area contributed by atoms with Gasteiger partial charge in [-0.25, -0.2) is 0 Å². The minimum absolute atomic E-state index is 0.172. The third-order valence-electron chi connectivity index (χ3n) is 3.06. The van der Waals surface area contributed by atoms with Crippen molar-refractivity contribution >= 4 is 26.6 Å². The van der Waals surface area contributed by atoms with Crippen LogP contribution in [0, 0.1) is 0 Å². The van der Waals surface area contributed by atoms with E-state index in [0.29, 0.717) is 10.8 Å². The Morgan fingerprint density at radius 2 is 1.95 bits per heavy atom. The molecule has 5 nitrogen and oxygen atoms in total. The number of benzene rings is 2. The van der Waals surface area contributed by atoms with Crippen molar-refractivity contribution in [2.24, 2.45) is 0 Å². The van der Waals surface area contributed by atoms with Gasteiger partial charge < -0.3 is 10.4 Å². The van der Waals surface area contributed by atoms with Crippen LogP contribution < -0.4 is 5.32 Å². The standard InChI is InChI=1S/C14H17NO4S/c1-2-3-6-15-11-5-4-10-7-12(20(17,18)19)9-14(16)13(10)8-11/h4-5,7-9,15-16H,2-3,6H2,1H3,(H,17,18,19). The minimum Gasteiger partial charge on any atom is -0.507 e. The Morgan fingerprint density at radius 1 is 1.20 bits per heavy atom. The zero-order chi connectivity index (χ0) is 14.8. The first-order chi connectivity index (χ1) is 9.41. The number of nitrogens with one attached hydrogen (secondary N) is 1. The Morgan fingerprint density at radius 3 is 2.60 bits per heavy atom. The molecule has 0 amide bonds. The molecule has 0 spiro atoms. The predicted octanol–water partition coefficient (Wildman–Crippen LogP) is 3.00. The lowest BCUT2D eigenvalue weighted by Crippen LogP contribution is -2.01. The largest absolute Gasteiger partial charge is 0.507 e. The van der Waals surface area contributed by atoms with E-state index in [0.717, 1.165) is 31.1 Å². The summed E-state index contributed by atoms with van der Waals surface area (Å²) in [7, 11) is -4.32. The molecule has 0 saturated carbocycles. The zero-order valence-electron chi connectivity index (χ0n) is 11.1. The number of hydrogen-bond acceptors (Lipinski definition) is 4. The molecule has 0 bridgehead atoms. The van der Waals surface area contributed by atoms with Gasteiger partial charge >= 0.3 is 0 Å². The molecule has 0 saturated heterocycles. The molecule has 0 aliphatic rings. The second-order valence-electron chi connectivity index (χ2n) is 4.63. The van der Waals surface area contributed by atoms with Crippen LogP contribution in [-0.2, 0) is 10.1 Å². The number of unbranched alkanes of at least 4 members (excludes halogenated alkanes) is 1. The third-order valence-corrected chi connectivity index (χ3v) is 3.89. The molecule has 0 unspecified atom stereocenters. The maximum atomic E-state index is 11.1. The Balaban J connectivity index is 2.42. The van der Waals surface area contributed by atoms with Gasteiger partial charge in [0, 0.05) is 23.7 Å². The Bertz CT molecular complexity index is 725. The summed E-state index contributed by atoms with van der Waals surface area (Å²) < 4.78 is 31.2. The van der Waals surface area contributed by atoms with Gasteiger partial charge in [-0.3, -0.25) is 4.55 Å². The summed E-state index contributed by atoms with van der Waals surface area (Å²) in [6, 6.07) is 7.66. The van der Waals surface area contributed by atoms with E-state index in [-0.39, 0.29) is 10.6 Å². The van der Waals surface area contributed by atoms with Crippen molar-refractivity contribution in [1.82, 2.24) is 0 Å². The molecule has 6 heteroatoms. The smallest absolute Gasteiger partial charge is 0.294 e. The van der Waals surface area contributed by atoms with Crippen molar-refractivity contribution in [3.63, 3.8) is 0 Å². The average Bonchev–Trinajstić information content (AvgIpc) is 2.38. The van der Waals surface area contributed by atoms with E-state index in [1.807, 2.05) is 6.07 Å². The first-order valence-corrected chi connectivity index (χ1v) is 7.84. The highest BCUT2D eigenvalue weighted by molar-refractivity contribution is 7.85. The maximum absolute atomic E-state index is 11.1. The van der Waals surface area contributed by atoms with E-state index in [4.69, 9.17) is 4.55 Å². The van der Waals surface area contributed by atoms with Crippen molar-refractivity contribution in [3.8, 4) is 5.75 Å². The number of aromatic hydroxyl groups is 1.